The summed E-state index contributed by atoms with van der Waals surface area (Å²) >= 11 is 5.95. The van der Waals surface area contributed by atoms with Gasteiger partial charge in [0.05, 0.1) is 0 Å². The molecular weight excluding hydrogens is 276 g/mol. The lowest BCUT2D eigenvalue weighted by Crippen LogP contribution is -2.48. The summed E-state index contributed by atoms with van der Waals surface area (Å²) in [5, 5.41) is 1.52. The van der Waals surface area contributed by atoms with Gasteiger partial charge in [-0.05, 0) is 30.8 Å². The van der Waals surface area contributed by atoms with E-state index in [0.717, 1.165) is 38.1 Å². The van der Waals surface area contributed by atoms with Gasteiger partial charge in [0.15, 0.2) is 5.76 Å². The Morgan fingerprint density at radius 2 is 2.00 bits per heavy atom. The summed E-state index contributed by atoms with van der Waals surface area (Å²) in [6, 6.07) is 7.15. The number of piperazine rings is 1. The molecule has 0 aliphatic carbocycles. The molecule has 0 radical (unpaired) electrons. The van der Waals surface area contributed by atoms with Gasteiger partial charge in [-0.1, -0.05) is 18.5 Å². The van der Waals surface area contributed by atoms with Crippen LogP contribution in [0.4, 0.5) is 0 Å². The highest BCUT2D eigenvalue weighted by atomic mass is 35.5. The van der Waals surface area contributed by atoms with Gasteiger partial charge in [-0.3, -0.25) is 4.79 Å². The molecule has 0 saturated carbocycles. The van der Waals surface area contributed by atoms with Crippen LogP contribution in [0.15, 0.2) is 28.7 Å². The zero-order chi connectivity index (χ0) is 14.1. The van der Waals surface area contributed by atoms with Crippen molar-refractivity contribution in [2.24, 2.45) is 0 Å². The summed E-state index contributed by atoms with van der Waals surface area (Å²) in [6.07, 6.45) is 0. The molecule has 1 aromatic heterocycles. The maximum absolute atomic E-state index is 12.4. The number of halogens is 1. The minimum Gasteiger partial charge on any atom is -0.451 e. The Morgan fingerprint density at radius 1 is 1.25 bits per heavy atom. The highest BCUT2D eigenvalue weighted by Gasteiger charge is 2.23. The summed E-state index contributed by atoms with van der Waals surface area (Å²) in [6.45, 7) is 6.53. The minimum atomic E-state index is -0.0342. The van der Waals surface area contributed by atoms with Crippen LogP contribution in [-0.2, 0) is 0 Å². The Kier molecular flexibility index (Phi) is 3.68. The molecule has 106 valence electrons. The molecule has 4 nitrogen and oxygen atoms in total. The molecule has 2 heterocycles. The summed E-state index contributed by atoms with van der Waals surface area (Å²) < 4.78 is 5.63. The van der Waals surface area contributed by atoms with E-state index in [1.807, 2.05) is 11.0 Å². The van der Waals surface area contributed by atoms with E-state index in [0.29, 0.717) is 16.4 Å². The smallest absolute Gasteiger partial charge is 0.289 e. The number of hydrogen-bond acceptors (Lipinski definition) is 3. The van der Waals surface area contributed by atoms with E-state index in [4.69, 9.17) is 16.0 Å². The van der Waals surface area contributed by atoms with E-state index in [-0.39, 0.29) is 5.91 Å². The lowest BCUT2D eigenvalue weighted by Gasteiger charge is -2.33. The van der Waals surface area contributed by atoms with Crippen LogP contribution in [0.2, 0.25) is 5.02 Å². The molecule has 3 rings (SSSR count). The Bertz CT molecular complexity index is 630. The third-order valence-electron chi connectivity index (χ3n) is 3.80. The number of benzene rings is 1. The van der Waals surface area contributed by atoms with Crippen molar-refractivity contribution >= 4 is 28.5 Å². The third kappa shape index (κ3) is 2.53. The number of likely N-dealkylation sites (N-methyl/N-ethyl adjacent to an activating group) is 1. The molecule has 2 aromatic rings. The van der Waals surface area contributed by atoms with Crippen molar-refractivity contribution in [1.82, 2.24) is 9.80 Å². The molecule has 0 N–H and O–H groups in total. The maximum atomic E-state index is 12.4. The number of fused-ring (bicyclic) bond motifs is 1. The summed E-state index contributed by atoms with van der Waals surface area (Å²) in [7, 11) is 0. The second-order valence-electron chi connectivity index (χ2n) is 5.02. The van der Waals surface area contributed by atoms with Crippen molar-refractivity contribution < 1.29 is 9.21 Å². The van der Waals surface area contributed by atoms with Crippen molar-refractivity contribution in [3.05, 3.63) is 35.0 Å². The second kappa shape index (κ2) is 5.46. The van der Waals surface area contributed by atoms with Crippen molar-refractivity contribution in [2.45, 2.75) is 6.92 Å². The van der Waals surface area contributed by atoms with E-state index >= 15 is 0 Å². The van der Waals surface area contributed by atoms with E-state index in [1.165, 1.54) is 0 Å². The SMILES string of the molecule is CCN1CCN(C(=O)c2cc3cc(Cl)ccc3o2)CC1. The third-order valence-corrected chi connectivity index (χ3v) is 4.03. The monoisotopic (exact) mass is 292 g/mol. The number of nitrogens with zero attached hydrogens (tertiary/aromatic N) is 2. The molecule has 20 heavy (non-hydrogen) atoms. The molecule has 1 amide bonds. The van der Waals surface area contributed by atoms with Gasteiger partial charge in [0.2, 0.25) is 0 Å². The number of hydrogen-bond donors (Lipinski definition) is 0. The van der Waals surface area contributed by atoms with E-state index in [2.05, 4.69) is 11.8 Å². The predicted octanol–water partition coefficient (Wildman–Crippen LogP) is 2.86. The summed E-state index contributed by atoms with van der Waals surface area (Å²) in [4.78, 5) is 16.6. The Morgan fingerprint density at radius 3 is 2.70 bits per heavy atom. The van der Waals surface area contributed by atoms with Crippen molar-refractivity contribution in [3.63, 3.8) is 0 Å². The van der Waals surface area contributed by atoms with Crippen molar-refractivity contribution in [2.75, 3.05) is 32.7 Å². The fourth-order valence-corrected chi connectivity index (χ4v) is 2.72. The topological polar surface area (TPSA) is 36.7 Å². The minimum absolute atomic E-state index is 0.0342. The Balaban J connectivity index is 1.79. The number of carbonyl (C=O) groups is 1. The fourth-order valence-electron chi connectivity index (χ4n) is 2.54. The highest BCUT2D eigenvalue weighted by Crippen LogP contribution is 2.24. The molecule has 1 aliphatic rings. The van der Waals surface area contributed by atoms with Gasteiger partial charge in [-0.25, -0.2) is 0 Å². The first kappa shape index (κ1) is 13.5. The van der Waals surface area contributed by atoms with Gasteiger partial charge in [0.25, 0.3) is 5.91 Å². The summed E-state index contributed by atoms with van der Waals surface area (Å²) in [5.74, 6) is 0.361. The molecule has 0 unspecified atom stereocenters. The number of furan rings is 1. The Labute approximate surface area is 122 Å². The molecule has 0 bridgehead atoms. The number of rotatable bonds is 2. The average Bonchev–Trinajstić information content (AvgIpc) is 2.89. The van der Waals surface area contributed by atoms with Crippen LogP contribution in [-0.4, -0.2) is 48.4 Å². The highest BCUT2D eigenvalue weighted by molar-refractivity contribution is 6.31. The van der Waals surface area contributed by atoms with Gasteiger partial charge in [-0.15, -0.1) is 0 Å². The van der Waals surface area contributed by atoms with Gasteiger partial charge < -0.3 is 14.2 Å². The van der Waals surface area contributed by atoms with Crippen LogP contribution < -0.4 is 0 Å². The first-order valence-corrected chi connectivity index (χ1v) is 7.26. The van der Waals surface area contributed by atoms with E-state index in [1.54, 1.807) is 18.2 Å². The van der Waals surface area contributed by atoms with Crippen LogP contribution in [0, 0.1) is 0 Å². The van der Waals surface area contributed by atoms with Crippen LogP contribution in [0.5, 0.6) is 0 Å². The first-order valence-electron chi connectivity index (χ1n) is 6.88. The van der Waals surface area contributed by atoms with Gasteiger partial charge in [0.1, 0.15) is 5.58 Å². The Hall–Kier alpha value is -1.52. The number of amides is 1. The van der Waals surface area contributed by atoms with Crippen LogP contribution in [0.3, 0.4) is 0 Å². The molecular formula is C15H17ClN2O2. The lowest BCUT2D eigenvalue weighted by molar-refractivity contribution is 0.0614. The first-order chi connectivity index (χ1) is 9.67. The average molecular weight is 293 g/mol. The molecule has 1 saturated heterocycles. The van der Waals surface area contributed by atoms with E-state index in [9.17, 15) is 4.79 Å². The van der Waals surface area contributed by atoms with Crippen molar-refractivity contribution in [1.29, 1.82) is 0 Å². The molecule has 1 aromatic carbocycles. The summed E-state index contributed by atoms with van der Waals surface area (Å²) in [5.41, 5.74) is 0.699. The zero-order valence-corrected chi connectivity index (χ0v) is 12.2. The normalized spacial score (nSPS) is 16.8. The van der Waals surface area contributed by atoms with Gasteiger partial charge in [-0.2, -0.15) is 0 Å². The zero-order valence-electron chi connectivity index (χ0n) is 11.4. The van der Waals surface area contributed by atoms with Gasteiger partial charge >= 0.3 is 0 Å². The quantitative estimate of drug-likeness (QED) is 0.854. The molecule has 0 atom stereocenters. The van der Waals surface area contributed by atoms with Crippen LogP contribution in [0.1, 0.15) is 17.5 Å². The van der Waals surface area contributed by atoms with Crippen LogP contribution >= 0.6 is 11.6 Å². The second-order valence-corrected chi connectivity index (χ2v) is 5.46. The van der Waals surface area contributed by atoms with Crippen LogP contribution in [0.25, 0.3) is 11.0 Å². The molecule has 1 fully saturated rings. The predicted molar refractivity (Wildman–Crippen MR) is 79.2 cm³/mol. The lowest BCUT2D eigenvalue weighted by atomic mass is 10.2. The largest absolute Gasteiger partial charge is 0.451 e. The number of carbonyl (C=O) groups excluding carboxylic acids is 1. The van der Waals surface area contributed by atoms with E-state index < -0.39 is 0 Å². The van der Waals surface area contributed by atoms with Crippen molar-refractivity contribution in [3.8, 4) is 0 Å². The standard InChI is InChI=1S/C15H17ClN2O2/c1-2-17-5-7-18(8-6-17)15(19)14-10-11-9-12(16)3-4-13(11)20-14/h3-4,9-10H,2,5-8H2,1H3. The fraction of sp³-hybridized carbons (Fsp3) is 0.400. The molecule has 0 spiro atoms. The van der Waals surface area contributed by atoms with Gasteiger partial charge in [0, 0.05) is 36.6 Å². The maximum Gasteiger partial charge on any atom is 0.289 e. The molecule has 5 heteroatoms. The molecule has 1 aliphatic heterocycles.